The standard InChI is InChI=1S/C22H33NO2/c1-4-23-11-20(3)7-5-8-22-15(20)10-14(18(22)23)21-9-6-13(12(2)19(21)25)16(24)17(21)22/h13-19,24-25H,2,4-11H2,1,3H3/t13-,14+,15+,16-,17+,18+,19+,20?,21-,22?/m0/s1. The first-order chi connectivity index (χ1) is 11.9. The van der Waals surface area contributed by atoms with E-state index in [0.29, 0.717) is 23.3 Å². The maximum Gasteiger partial charge on any atom is 0.0814 e. The van der Waals surface area contributed by atoms with Gasteiger partial charge in [-0.15, -0.1) is 0 Å². The van der Waals surface area contributed by atoms with Gasteiger partial charge in [-0.25, -0.2) is 0 Å². The highest BCUT2D eigenvalue weighted by atomic mass is 16.3. The van der Waals surface area contributed by atoms with Crippen LogP contribution in [0.3, 0.4) is 0 Å². The molecule has 3 heteroatoms. The largest absolute Gasteiger partial charge is 0.392 e. The molecule has 0 aromatic rings. The van der Waals surface area contributed by atoms with Crippen LogP contribution in [0.15, 0.2) is 12.2 Å². The second kappa shape index (κ2) is 4.36. The number of hydrogen-bond donors (Lipinski definition) is 2. The number of aliphatic hydroxyl groups is 2. The molecule has 138 valence electrons. The summed E-state index contributed by atoms with van der Waals surface area (Å²) in [5.41, 5.74) is 1.54. The molecule has 25 heavy (non-hydrogen) atoms. The molecule has 6 saturated carbocycles. The van der Waals surface area contributed by atoms with Gasteiger partial charge in [0.05, 0.1) is 12.2 Å². The summed E-state index contributed by atoms with van der Waals surface area (Å²) in [7, 11) is 0. The SMILES string of the molecule is C=C1[C@@H](O)[C@]23CC[C@@H]1[C@H](O)[C@H]2C12CCCC4(C)CN(CC)[C@@H]1[C@H]3C[C@H]42. The Morgan fingerprint density at radius 3 is 2.76 bits per heavy atom. The maximum absolute atomic E-state index is 11.5. The van der Waals surface area contributed by atoms with Gasteiger partial charge in [-0.05, 0) is 66.9 Å². The summed E-state index contributed by atoms with van der Waals surface area (Å²) in [5.74, 6) is 1.77. The number of fused-ring (bicyclic) bond motifs is 2. The van der Waals surface area contributed by atoms with E-state index in [1.165, 1.54) is 32.2 Å². The summed E-state index contributed by atoms with van der Waals surface area (Å²) >= 11 is 0. The third kappa shape index (κ3) is 1.34. The first kappa shape index (κ1) is 15.7. The van der Waals surface area contributed by atoms with Gasteiger partial charge in [-0.3, -0.25) is 4.90 Å². The Morgan fingerprint density at radius 2 is 2.00 bits per heavy atom. The zero-order valence-corrected chi connectivity index (χ0v) is 15.7. The molecular weight excluding hydrogens is 310 g/mol. The fraction of sp³-hybridized carbons (Fsp3) is 0.909. The fourth-order valence-electron chi connectivity index (χ4n) is 10.1. The minimum absolute atomic E-state index is 0.0809. The van der Waals surface area contributed by atoms with Gasteiger partial charge in [0.2, 0.25) is 0 Å². The van der Waals surface area contributed by atoms with Crippen LogP contribution >= 0.6 is 0 Å². The minimum Gasteiger partial charge on any atom is -0.392 e. The van der Waals surface area contributed by atoms with E-state index in [1.54, 1.807) is 0 Å². The minimum atomic E-state index is -0.377. The van der Waals surface area contributed by atoms with Crippen molar-refractivity contribution in [1.82, 2.24) is 4.90 Å². The van der Waals surface area contributed by atoms with E-state index < -0.39 is 0 Å². The molecule has 0 aromatic heterocycles. The molecule has 7 fully saturated rings. The normalized spacial score (nSPS) is 64.6. The van der Waals surface area contributed by atoms with Crippen LogP contribution in [0.1, 0.15) is 52.4 Å². The number of likely N-dealkylation sites (tertiary alicyclic amines) is 1. The molecule has 0 amide bonds. The number of piperidine rings is 1. The van der Waals surface area contributed by atoms with Crippen molar-refractivity contribution in [1.29, 1.82) is 0 Å². The molecule has 2 unspecified atom stereocenters. The zero-order chi connectivity index (χ0) is 17.4. The van der Waals surface area contributed by atoms with E-state index >= 15 is 0 Å². The Bertz CT molecular complexity index is 662. The van der Waals surface area contributed by atoms with Crippen molar-refractivity contribution in [2.45, 2.75) is 70.6 Å². The van der Waals surface area contributed by atoms with Gasteiger partial charge in [0.15, 0.2) is 0 Å². The van der Waals surface area contributed by atoms with Crippen LogP contribution in [0, 0.1) is 39.9 Å². The molecule has 1 saturated heterocycles. The molecule has 1 aliphatic heterocycles. The summed E-state index contributed by atoms with van der Waals surface area (Å²) in [6.07, 6.45) is 6.75. The van der Waals surface area contributed by atoms with Crippen LogP contribution in [0.2, 0.25) is 0 Å². The molecule has 1 heterocycles. The Labute approximate surface area is 151 Å². The lowest BCUT2D eigenvalue weighted by Crippen LogP contribution is -2.69. The van der Waals surface area contributed by atoms with Crippen LogP contribution in [-0.4, -0.2) is 46.5 Å². The van der Waals surface area contributed by atoms with Crippen molar-refractivity contribution < 1.29 is 10.2 Å². The highest BCUT2D eigenvalue weighted by molar-refractivity contribution is 5.38. The molecule has 0 radical (unpaired) electrons. The van der Waals surface area contributed by atoms with Gasteiger partial charge >= 0.3 is 0 Å². The second-order valence-electron chi connectivity index (χ2n) is 10.7. The van der Waals surface area contributed by atoms with Crippen LogP contribution in [0.4, 0.5) is 0 Å². The van der Waals surface area contributed by atoms with Crippen LogP contribution in [0.5, 0.6) is 0 Å². The summed E-state index contributed by atoms with van der Waals surface area (Å²) in [5, 5.41) is 22.9. The van der Waals surface area contributed by atoms with Crippen molar-refractivity contribution >= 4 is 0 Å². The molecule has 7 rings (SSSR count). The number of hydrogen-bond acceptors (Lipinski definition) is 3. The van der Waals surface area contributed by atoms with E-state index in [2.05, 4.69) is 25.3 Å². The van der Waals surface area contributed by atoms with Crippen LogP contribution in [0.25, 0.3) is 0 Å². The topological polar surface area (TPSA) is 43.7 Å². The summed E-state index contributed by atoms with van der Waals surface area (Å²) in [6.45, 7) is 11.5. The van der Waals surface area contributed by atoms with Crippen molar-refractivity contribution in [2.24, 2.45) is 39.9 Å². The smallest absolute Gasteiger partial charge is 0.0814 e. The zero-order valence-electron chi connectivity index (χ0n) is 15.7. The van der Waals surface area contributed by atoms with Crippen molar-refractivity contribution in [3.63, 3.8) is 0 Å². The highest BCUT2D eigenvalue weighted by Crippen LogP contribution is 2.83. The Hall–Kier alpha value is -0.380. The third-order valence-electron chi connectivity index (χ3n) is 10.5. The monoisotopic (exact) mass is 343 g/mol. The Balaban J connectivity index is 1.60. The first-order valence-electron chi connectivity index (χ1n) is 10.7. The Kier molecular flexibility index (Phi) is 2.73. The number of rotatable bonds is 1. The van der Waals surface area contributed by atoms with E-state index in [-0.39, 0.29) is 29.0 Å². The van der Waals surface area contributed by atoms with Crippen LogP contribution < -0.4 is 0 Å². The molecule has 7 bridgehead atoms. The van der Waals surface area contributed by atoms with Gasteiger partial charge in [-0.2, -0.15) is 0 Å². The molecule has 7 aliphatic rings. The first-order valence-corrected chi connectivity index (χ1v) is 10.7. The molecule has 3 nitrogen and oxygen atoms in total. The highest BCUT2D eigenvalue weighted by Gasteiger charge is 2.84. The maximum atomic E-state index is 11.5. The quantitative estimate of drug-likeness (QED) is 0.720. The number of nitrogens with zero attached hydrogens (tertiary/aromatic N) is 1. The van der Waals surface area contributed by atoms with E-state index in [4.69, 9.17) is 0 Å². The average Bonchev–Trinajstić information content (AvgIpc) is 2.99. The lowest BCUT2D eigenvalue weighted by atomic mass is 9.39. The fourth-order valence-corrected chi connectivity index (χ4v) is 10.1. The lowest BCUT2D eigenvalue weighted by molar-refractivity contribution is -0.227. The van der Waals surface area contributed by atoms with Gasteiger partial charge in [-0.1, -0.05) is 26.8 Å². The molecule has 2 spiro atoms. The lowest BCUT2D eigenvalue weighted by Gasteiger charge is -2.68. The van der Waals surface area contributed by atoms with Gasteiger partial charge in [0, 0.05) is 29.8 Å². The molecule has 0 aromatic carbocycles. The summed E-state index contributed by atoms with van der Waals surface area (Å²) < 4.78 is 0. The second-order valence-corrected chi connectivity index (χ2v) is 10.7. The molecule has 10 atom stereocenters. The summed E-state index contributed by atoms with van der Waals surface area (Å²) in [4.78, 5) is 2.77. The predicted molar refractivity (Wildman–Crippen MR) is 96.8 cm³/mol. The van der Waals surface area contributed by atoms with Gasteiger partial charge in [0.1, 0.15) is 0 Å². The number of aliphatic hydroxyl groups excluding tert-OH is 2. The van der Waals surface area contributed by atoms with E-state index in [9.17, 15) is 10.2 Å². The average molecular weight is 344 g/mol. The molecule has 6 aliphatic carbocycles. The molecule has 2 N–H and O–H groups in total. The Morgan fingerprint density at radius 1 is 1.20 bits per heavy atom. The van der Waals surface area contributed by atoms with Crippen molar-refractivity contribution in [2.75, 3.05) is 13.1 Å². The van der Waals surface area contributed by atoms with E-state index in [0.717, 1.165) is 30.9 Å². The van der Waals surface area contributed by atoms with Crippen molar-refractivity contribution in [3.8, 4) is 0 Å². The third-order valence-corrected chi connectivity index (χ3v) is 10.5. The molecular formula is C22H33NO2. The van der Waals surface area contributed by atoms with Gasteiger partial charge in [0.25, 0.3) is 0 Å². The van der Waals surface area contributed by atoms with E-state index in [1.807, 2.05) is 0 Å². The van der Waals surface area contributed by atoms with Crippen LogP contribution in [-0.2, 0) is 0 Å². The van der Waals surface area contributed by atoms with Crippen molar-refractivity contribution in [3.05, 3.63) is 12.2 Å². The van der Waals surface area contributed by atoms with Gasteiger partial charge < -0.3 is 10.2 Å². The predicted octanol–water partition coefficient (Wildman–Crippen LogP) is 2.82. The summed E-state index contributed by atoms with van der Waals surface area (Å²) in [6, 6.07) is 0.592.